The summed E-state index contributed by atoms with van der Waals surface area (Å²) in [4.78, 5) is 19.5. The highest BCUT2D eigenvalue weighted by atomic mass is 32.1. The number of thiazole rings is 1. The van der Waals surface area contributed by atoms with Gasteiger partial charge >= 0.3 is 0 Å². The van der Waals surface area contributed by atoms with Gasteiger partial charge in [-0.3, -0.25) is 4.79 Å². The molecule has 2 aromatic rings. The molecule has 2 rings (SSSR count). The van der Waals surface area contributed by atoms with Gasteiger partial charge in [0.05, 0.1) is 5.69 Å². The Morgan fingerprint density at radius 1 is 1.24 bits per heavy atom. The van der Waals surface area contributed by atoms with Crippen molar-refractivity contribution >= 4 is 28.1 Å². The van der Waals surface area contributed by atoms with Crippen molar-refractivity contribution in [1.82, 2.24) is 4.98 Å². The molecule has 0 unspecified atom stereocenters. The number of anilines is 2. The number of aromatic nitrogens is 1. The molecule has 5 heteroatoms. The molecule has 0 radical (unpaired) electrons. The van der Waals surface area contributed by atoms with Crippen molar-refractivity contribution in [2.75, 3.05) is 24.3 Å². The van der Waals surface area contributed by atoms with Gasteiger partial charge in [-0.1, -0.05) is 26.0 Å². The van der Waals surface area contributed by atoms with Crippen molar-refractivity contribution in [1.29, 1.82) is 0 Å². The summed E-state index contributed by atoms with van der Waals surface area (Å²) in [6.07, 6.45) is 0. The molecule has 21 heavy (non-hydrogen) atoms. The number of amides is 1. The van der Waals surface area contributed by atoms with Crippen LogP contribution in [0, 0.1) is 12.8 Å². The molecule has 1 aromatic carbocycles. The van der Waals surface area contributed by atoms with E-state index in [9.17, 15) is 4.79 Å². The summed E-state index contributed by atoms with van der Waals surface area (Å²) in [5.74, 6) is 0.00981. The Bertz CT molecular complexity index is 629. The average Bonchev–Trinajstić information content (AvgIpc) is 2.82. The lowest BCUT2D eigenvalue weighted by atomic mass is 10.1. The average molecular weight is 303 g/mol. The van der Waals surface area contributed by atoms with Gasteiger partial charge in [0.2, 0.25) is 5.91 Å². The fraction of sp³-hybridized carbons (Fsp3) is 0.375. The van der Waals surface area contributed by atoms with E-state index in [2.05, 4.69) is 17.2 Å². The number of aryl methyl sites for hydroxylation is 1. The number of carbonyl (C=O) groups excluding carboxylic acids is 1. The van der Waals surface area contributed by atoms with E-state index in [4.69, 9.17) is 0 Å². The Morgan fingerprint density at radius 2 is 1.86 bits per heavy atom. The van der Waals surface area contributed by atoms with Crippen LogP contribution in [0.5, 0.6) is 0 Å². The number of hydrogen-bond acceptors (Lipinski definition) is 4. The number of rotatable bonds is 4. The van der Waals surface area contributed by atoms with Crippen molar-refractivity contribution < 1.29 is 4.79 Å². The van der Waals surface area contributed by atoms with E-state index in [1.807, 2.05) is 57.1 Å². The highest BCUT2D eigenvalue weighted by molar-refractivity contribution is 7.16. The summed E-state index contributed by atoms with van der Waals surface area (Å²) < 4.78 is 0. The van der Waals surface area contributed by atoms with Crippen LogP contribution in [0.3, 0.4) is 0 Å². The first kappa shape index (κ1) is 15.5. The monoisotopic (exact) mass is 303 g/mol. The number of nitrogens with zero attached hydrogens (tertiary/aromatic N) is 2. The topological polar surface area (TPSA) is 45.2 Å². The Morgan fingerprint density at radius 3 is 2.33 bits per heavy atom. The molecule has 0 aliphatic heterocycles. The Kier molecular flexibility index (Phi) is 4.63. The molecule has 4 nitrogen and oxygen atoms in total. The Labute approximate surface area is 129 Å². The summed E-state index contributed by atoms with van der Waals surface area (Å²) in [6.45, 7) is 5.84. The predicted octanol–water partition coefficient (Wildman–Crippen LogP) is 3.78. The zero-order valence-corrected chi connectivity index (χ0v) is 13.9. The van der Waals surface area contributed by atoms with Crippen LogP contribution in [-0.2, 0) is 4.79 Å². The SMILES string of the molecule is Cc1sc(N(C)C)nc1-c1ccc(NC(=O)C(C)C)cc1. The molecule has 0 bridgehead atoms. The van der Waals surface area contributed by atoms with Gasteiger partial charge in [-0.2, -0.15) is 0 Å². The summed E-state index contributed by atoms with van der Waals surface area (Å²) in [5.41, 5.74) is 2.89. The van der Waals surface area contributed by atoms with Gasteiger partial charge in [0.15, 0.2) is 5.13 Å². The summed E-state index contributed by atoms with van der Waals surface area (Å²) in [5, 5.41) is 3.89. The minimum atomic E-state index is -0.0203. The standard InChI is InChI=1S/C16H21N3OS/c1-10(2)15(20)17-13-8-6-12(7-9-13)14-11(3)21-16(18-14)19(4)5/h6-10H,1-5H3,(H,17,20). The summed E-state index contributed by atoms with van der Waals surface area (Å²) in [6, 6.07) is 7.84. The van der Waals surface area contributed by atoms with Gasteiger partial charge in [-0.15, -0.1) is 11.3 Å². The minimum Gasteiger partial charge on any atom is -0.354 e. The predicted molar refractivity (Wildman–Crippen MR) is 90.1 cm³/mol. The van der Waals surface area contributed by atoms with Crippen molar-refractivity contribution in [3.63, 3.8) is 0 Å². The second kappa shape index (κ2) is 6.26. The first-order chi connectivity index (χ1) is 9.88. The lowest BCUT2D eigenvalue weighted by Gasteiger charge is -2.08. The second-order valence-electron chi connectivity index (χ2n) is 5.52. The Balaban J connectivity index is 2.21. The molecule has 0 aliphatic carbocycles. The normalized spacial score (nSPS) is 10.8. The van der Waals surface area contributed by atoms with Crippen molar-refractivity contribution in [3.05, 3.63) is 29.1 Å². The molecular weight excluding hydrogens is 282 g/mol. The van der Waals surface area contributed by atoms with E-state index in [1.165, 1.54) is 4.88 Å². The third kappa shape index (κ3) is 3.61. The molecule has 1 amide bonds. The maximum Gasteiger partial charge on any atom is 0.226 e. The van der Waals surface area contributed by atoms with Gasteiger partial charge in [-0.25, -0.2) is 4.98 Å². The van der Waals surface area contributed by atoms with Gasteiger partial charge < -0.3 is 10.2 Å². The lowest BCUT2D eigenvalue weighted by molar-refractivity contribution is -0.118. The summed E-state index contributed by atoms with van der Waals surface area (Å²) in [7, 11) is 3.99. The van der Waals surface area contributed by atoms with Gasteiger partial charge in [0.1, 0.15) is 0 Å². The molecule has 1 heterocycles. The van der Waals surface area contributed by atoms with Gasteiger partial charge in [0.25, 0.3) is 0 Å². The van der Waals surface area contributed by atoms with E-state index in [0.717, 1.165) is 22.1 Å². The molecule has 0 fully saturated rings. The van der Waals surface area contributed by atoms with Crippen LogP contribution in [0.25, 0.3) is 11.3 Å². The molecule has 1 aromatic heterocycles. The molecular formula is C16H21N3OS. The maximum atomic E-state index is 11.7. The minimum absolute atomic E-state index is 0.0203. The maximum absolute atomic E-state index is 11.7. The van der Waals surface area contributed by atoms with Crippen LogP contribution in [-0.4, -0.2) is 25.0 Å². The van der Waals surface area contributed by atoms with Crippen LogP contribution in [0.1, 0.15) is 18.7 Å². The number of benzene rings is 1. The number of hydrogen-bond donors (Lipinski definition) is 1. The van der Waals surface area contributed by atoms with E-state index in [1.54, 1.807) is 11.3 Å². The fourth-order valence-corrected chi connectivity index (χ4v) is 2.69. The third-order valence-electron chi connectivity index (χ3n) is 3.12. The fourth-order valence-electron chi connectivity index (χ4n) is 1.84. The number of carbonyl (C=O) groups is 1. The molecule has 0 saturated heterocycles. The van der Waals surface area contributed by atoms with Crippen LogP contribution in [0.2, 0.25) is 0 Å². The summed E-state index contributed by atoms with van der Waals surface area (Å²) >= 11 is 1.68. The molecule has 112 valence electrons. The zero-order chi connectivity index (χ0) is 15.6. The van der Waals surface area contributed by atoms with Crippen molar-refractivity contribution in [2.24, 2.45) is 5.92 Å². The van der Waals surface area contributed by atoms with E-state index >= 15 is 0 Å². The third-order valence-corrected chi connectivity index (χ3v) is 4.26. The first-order valence-corrected chi connectivity index (χ1v) is 7.76. The van der Waals surface area contributed by atoms with Gasteiger partial charge in [-0.05, 0) is 19.1 Å². The van der Waals surface area contributed by atoms with Crippen LogP contribution in [0.15, 0.2) is 24.3 Å². The zero-order valence-electron chi connectivity index (χ0n) is 13.1. The van der Waals surface area contributed by atoms with Crippen molar-refractivity contribution in [3.8, 4) is 11.3 Å². The second-order valence-corrected chi connectivity index (χ2v) is 6.70. The van der Waals surface area contributed by atoms with Crippen LogP contribution < -0.4 is 10.2 Å². The lowest BCUT2D eigenvalue weighted by Crippen LogP contribution is -2.17. The molecule has 0 spiro atoms. The van der Waals surface area contributed by atoms with Crippen molar-refractivity contribution in [2.45, 2.75) is 20.8 Å². The quantitative estimate of drug-likeness (QED) is 0.935. The largest absolute Gasteiger partial charge is 0.354 e. The van der Waals surface area contributed by atoms with E-state index in [0.29, 0.717) is 0 Å². The highest BCUT2D eigenvalue weighted by Gasteiger charge is 2.12. The smallest absolute Gasteiger partial charge is 0.226 e. The molecule has 1 N–H and O–H groups in total. The number of nitrogens with one attached hydrogen (secondary N) is 1. The molecule has 0 aliphatic rings. The molecule has 0 atom stereocenters. The van der Waals surface area contributed by atoms with Crippen LogP contribution >= 0.6 is 11.3 Å². The van der Waals surface area contributed by atoms with E-state index in [-0.39, 0.29) is 11.8 Å². The Hall–Kier alpha value is -1.88. The van der Waals surface area contributed by atoms with E-state index < -0.39 is 0 Å². The highest BCUT2D eigenvalue weighted by Crippen LogP contribution is 2.32. The van der Waals surface area contributed by atoms with Gasteiger partial charge in [0, 0.05) is 36.1 Å². The first-order valence-electron chi connectivity index (χ1n) is 6.94. The molecule has 0 saturated carbocycles. The van der Waals surface area contributed by atoms with Crippen LogP contribution in [0.4, 0.5) is 10.8 Å².